The van der Waals surface area contributed by atoms with E-state index in [0.29, 0.717) is 0 Å². The van der Waals surface area contributed by atoms with Crippen molar-refractivity contribution in [2.45, 2.75) is 66.2 Å². The highest BCUT2D eigenvalue weighted by Gasteiger charge is 1.93. The van der Waals surface area contributed by atoms with E-state index < -0.39 is 0 Å². The minimum Gasteiger partial charge on any atom is -0.0999 e. The number of allylic oxidation sites excluding steroid dienone is 5. The largest absolute Gasteiger partial charge is 0.0999 e. The van der Waals surface area contributed by atoms with E-state index in [1.807, 2.05) is 0 Å². The first-order valence-corrected chi connectivity index (χ1v) is 6.52. The fourth-order valence-electron chi connectivity index (χ4n) is 1.69. The van der Waals surface area contributed by atoms with E-state index in [1.54, 1.807) is 0 Å². The van der Waals surface area contributed by atoms with E-state index in [2.05, 4.69) is 46.4 Å². The molecule has 0 spiro atoms. The van der Waals surface area contributed by atoms with Crippen LogP contribution in [0.1, 0.15) is 66.2 Å². The lowest BCUT2D eigenvalue weighted by atomic mass is 10.0. The molecule has 0 aromatic rings. The van der Waals surface area contributed by atoms with Gasteiger partial charge in [0.1, 0.15) is 0 Å². The average Bonchev–Trinajstić information content (AvgIpc) is 2.17. The van der Waals surface area contributed by atoms with Crippen molar-refractivity contribution in [2.24, 2.45) is 0 Å². The van der Waals surface area contributed by atoms with E-state index in [9.17, 15) is 0 Å². The second-order valence-corrected chi connectivity index (χ2v) is 4.91. The minimum absolute atomic E-state index is 1.16. The molecule has 0 bridgehead atoms. The fraction of sp³-hybridized carbons (Fsp3) is 0.625. The van der Waals surface area contributed by atoms with Crippen LogP contribution in [0.5, 0.6) is 0 Å². The normalized spacial score (nSPS) is 11.4. The summed E-state index contributed by atoms with van der Waals surface area (Å²) in [6.45, 7) is 12.9. The molecule has 0 saturated carbocycles. The van der Waals surface area contributed by atoms with Gasteiger partial charge in [-0.1, -0.05) is 48.8 Å². The molecule has 0 aliphatic carbocycles. The Morgan fingerprint density at radius 2 is 1.56 bits per heavy atom. The third kappa shape index (κ3) is 9.76. The van der Waals surface area contributed by atoms with Gasteiger partial charge in [0.05, 0.1) is 0 Å². The van der Waals surface area contributed by atoms with Crippen molar-refractivity contribution in [1.82, 2.24) is 0 Å². The van der Waals surface area contributed by atoms with Gasteiger partial charge in [0.25, 0.3) is 0 Å². The summed E-state index contributed by atoms with van der Waals surface area (Å²) in [6.07, 6.45) is 11.8. The third-order valence-corrected chi connectivity index (χ3v) is 2.69. The van der Waals surface area contributed by atoms with E-state index in [-0.39, 0.29) is 0 Å². The van der Waals surface area contributed by atoms with Gasteiger partial charge in [-0.25, -0.2) is 0 Å². The molecule has 0 fully saturated rings. The Balaban J connectivity index is 3.70. The minimum atomic E-state index is 1.16. The molecule has 0 atom stereocenters. The molecule has 16 heavy (non-hydrogen) atoms. The van der Waals surface area contributed by atoms with Gasteiger partial charge in [0.2, 0.25) is 0 Å². The third-order valence-electron chi connectivity index (χ3n) is 2.69. The zero-order valence-corrected chi connectivity index (χ0v) is 11.6. The summed E-state index contributed by atoms with van der Waals surface area (Å²) in [6, 6.07) is 0. The summed E-state index contributed by atoms with van der Waals surface area (Å²) in [7, 11) is 0. The Kier molecular flexibility index (Phi) is 8.99. The van der Waals surface area contributed by atoms with Crippen LogP contribution in [-0.4, -0.2) is 0 Å². The standard InChI is InChI=1S/C16H28/c1-6-9-15(4)12-8-13-16(5)11-7-10-14(2)3/h10,13H,4,6-9,11-12H2,1-3,5H3. The topological polar surface area (TPSA) is 0 Å². The summed E-state index contributed by atoms with van der Waals surface area (Å²) in [5, 5.41) is 0. The Labute approximate surface area is 102 Å². The molecule has 0 aromatic heterocycles. The lowest BCUT2D eigenvalue weighted by Gasteiger charge is -2.02. The van der Waals surface area contributed by atoms with Gasteiger partial charge in [-0.05, 0) is 52.9 Å². The Bertz CT molecular complexity index is 249. The summed E-state index contributed by atoms with van der Waals surface area (Å²) >= 11 is 0. The van der Waals surface area contributed by atoms with Gasteiger partial charge in [0.15, 0.2) is 0 Å². The molecule has 0 amide bonds. The number of rotatable bonds is 8. The monoisotopic (exact) mass is 220 g/mol. The first-order valence-electron chi connectivity index (χ1n) is 6.52. The van der Waals surface area contributed by atoms with Crippen LogP contribution in [0.25, 0.3) is 0 Å². The summed E-state index contributed by atoms with van der Waals surface area (Å²) in [5.74, 6) is 0. The van der Waals surface area contributed by atoms with Crippen LogP contribution in [0.2, 0.25) is 0 Å². The predicted molar refractivity (Wildman–Crippen MR) is 75.7 cm³/mol. The maximum atomic E-state index is 4.09. The van der Waals surface area contributed by atoms with Crippen molar-refractivity contribution in [2.75, 3.05) is 0 Å². The lowest BCUT2D eigenvalue weighted by Crippen LogP contribution is -1.82. The van der Waals surface area contributed by atoms with Crippen molar-refractivity contribution in [3.05, 3.63) is 35.5 Å². The zero-order valence-electron chi connectivity index (χ0n) is 11.6. The Morgan fingerprint density at radius 3 is 2.12 bits per heavy atom. The molecule has 0 saturated heterocycles. The number of hydrogen-bond donors (Lipinski definition) is 0. The quantitative estimate of drug-likeness (QED) is 0.452. The average molecular weight is 220 g/mol. The predicted octanol–water partition coefficient (Wildman–Crippen LogP) is 5.82. The summed E-state index contributed by atoms with van der Waals surface area (Å²) < 4.78 is 0. The molecule has 0 radical (unpaired) electrons. The number of hydrogen-bond acceptors (Lipinski definition) is 0. The molecule has 0 rings (SSSR count). The lowest BCUT2D eigenvalue weighted by molar-refractivity contribution is 0.827. The van der Waals surface area contributed by atoms with Crippen LogP contribution in [0.4, 0.5) is 0 Å². The molecule has 0 unspecified atom stereocenters. The molecule has 0 nitrogen and oxygen atoms in total. The molecule has 0 aliphatic heterocycles. The Morgan fingerprint density at radius 1 is 0.938 bits per heavy atom. The molecule has 0 aromatic carbocycles. The molecule has 0 heteroatoms. The van der Waals surface area contributed by atoms with Crippen molar-refractivity contribution in [3.63, 3.8) is 0 Å². The van der Waals surface area contributed by atoms with Crippen LogP contribution in [0.3, 0.4) is 0 Å². The van der Waals surface area contributed by atoms with Gasteiger partial charge < -0.3 is 0 Å². The van der Waals surface area contributed by atoms with Crippen molar-refractivity contribution < 1.29 is 0 Å². The smallest absolute Gasteiger partial charge is 0.0288 e. The first kappa shape index (κ1) is 15.2. The van der Waals surface area contributed by atoms with Crippen LogP contribution in [0.15, 0.2) is 35.5 Å². The van der Waals surface area contributed by atoms with Gasteiger partial charge in [0, 0.05) is 0 Å². The highest BCUT2D eigenvalue weighted by molar-refractivity contribution is 5.04. The molecule has 0 heterocycles. The van der Waals surface area contributed by atoms with E-state index in [4.69, 9.17) is 0 Å². The van der Waals surface area contributed by atoms with Crippen molar-refractivity contribution in [1.29, 1.82) is 0 Å². The van der Waals surface area contributed by atoms with Crippen molar-refractivity contribution >= 4 is 0 Å². The highest BCUT2D eigenvalue weighted by atomic mass is 14.0. The summed E-state index contributed by atoms with van der Waals surface area (Å²) in [5.41, 5.74) is 4.33. The van der Waals surface area contributed by atoms with Crippen LogP contribution < -0.4 is 0 Å². The van der Waals surface area contributed by atoms with E-state index in [0.717, 1.165) is 6.42 Å². The van der Waals surface area contributed by atoms with Crippen LogP contribution in [0, 0.1) is 0 Å². The first-order chi connectivity index (χ1) is 7.56. The van der Waals surface area contributed by atoms with Crippen LogP contribution >= 0.6 is 0 Å². The van der Waals surface area contributed by atoms with E-state index >= 15 is 0 Å². The van der Waals surface area contributed by atoms with E-state index in [1.165, 1.54) is 48.8 Å². The molecular formula is C16H28. The maximum Gasteiger partial charge on any atom is -0.0288 e. The summed E-state index contributed by atoms with van der Waals surface area (Å²) in [4.78, 5) is 0. The van der Waals surface area contributed by atoms with Crippen LogP contribution in [-0.2, 0) is 0 Å². The molecular weight excluding hydrogens is 192 g/mol. The van der Waals surface area contributed by atoms with Gasteiger partial charge in [-0.2, -0.15) is 0 Å². The van der Waals surface area contributed by atoms with Gasteiger partial charge in [-0.15, -0.1) is 0 Å². The second kappa shape index (κ2) is 9.45. The molecule has 0 N–H and O–H groups in total. The van der Waals surface area contributed by atoms with Crippen molar-refractivity contribution in [3.8, 4) is 0 Å². The SMILES string of the molecule is C=C(CCC)CCC=C(C)CCC=C(C)C. The highest BCUT2D eigenvalue weighted by Crippen LogP contribution is 2.13. The Hall–Kier alpha value is -0.780. The van der Waals surface area contributed by atoms with Gasteiger partial charge >= 0.3 is 0 Å². The molecule has 0 aliphatic rings. The zero-order chi connectivity index (χ0) is 12.4. The fourth-order valence-corrected chi connectivity index (χ4v) is 1.69. The maximum absolute atomic E-state index is 4.09. The molecule has 92 valence electrons. The van der Waals surface area contributed by atoms with Gasteiger partial charge in [-0.3, -0.25) is 0 Å². The second-order valence-electron chi connectivity index (χ2n) is 4.91.